The van der Waals surface area contributed by atoms with Crippen molar-refractivity contribution >= 4 is 39.5 Å². The maximum atomic E-state index is 18.2. The molecule has 1 fully saturated rings. The van der Waals surface area contributed by atoms with E-state index in [1.807, 2.05) is 6.92 Å². The number of rotatable bonds is 6. The highest BCUT2D eigenvalue weighted by Crippen LogP contribution is 2.51. The number of quaternary nitrogens is 1. The number of fused-ring (bicyclic) bond motifs is 2. The fourth-order valence-corrected chi connectivity index (χ4v) is 5.12. The van der Waals surface area contributed by atoms with Crippen LogP contribution in [0.5, 0.6) is 0 Å². The smallest absolute Gasteiger partial charge is 0.356 e. The Kier molecular flexibility index (Phi) is 5.87. The van der Waals surface area contributed by atoms with Crippen LogP contribution in [0, 0.1) is 6.92 Å². The number of carbonyl (C=O) groups excluding carboxylic acids is 2. The van der Waals surface area contributed by atoms with Gasteiger partial charge in [-0.3, -0.25) is 0 Å². The topological polar surface area (TPSA) is 105 Å². The first-order valence-corrected chi connectivity index (χ1v) is 11.8. The molecule has 0 aliphatic carbocycles. The number of hydrogen-bond acceptors (Lipinski definition) is 4. The van der Waals surface area contributed by atoms with Crippen LogP contribution in [0.15, 0.2) is 54.9 Å². The van der Waals surface area contributed by atoms with E-state index in [9.17, 15) is 22.8 Å². The summed E-state index contributed by atoms with van der Waals surface area (Å²) >= 11 is 0. The number of H-pyrrole nitrogens is 1. The highest BCUT2D eigenvalue weighted by molar-refractivity contribution is 5.95. The molecule has 2 unspecified atom stereocenters. The molecule has 200 valence electrons. The monoisotopic (exact) mass is 533 g/mol. The van der Waals surface area contributed by atoms with Crippen LogP contribution in [-0.4, -0.2) is 45.9 Å². The number of aryl methyl sites for hydroxylation is 2. The molecule has 0 saturated carbocycles. The average Bonchev–Trinajstić information content (AvgIpc) is 3.50. The van der Waals surface area contributed by atoms with Crippen LogP contribution in [0.2, 0.25) is 0 Å². The number of nitrogens with zero attached hydrogens (tertiary/aromatic N) is 3. The first-order valence-electron chi connectivity index (χ1n) is 11.8. The molecular weight excluding hydrogens is 508 g/mol. The van der Waals surface area contributed by atoms with Crippen LogP contribution in [0.4, 0.5) is 28.0 Å². The summed E-state index contributed by atoms with van der Waals surface area (Å²) in [5.41, 5.74) is 10.3. The van der Waals surface area contributed by atoms with Crippen LogP contribution >= 0.6 is 0 Å². The second-order valence-corrected chi connectivity index (χ2v) is 9.24. The molecular formula is C25H25F4N6O3+. The van der Waals surface area contributed by atoms with Gasteiger partial charge >= 0.3 is 24.1 Å². The van der Waals surface area contributed by atoms with E-state index in [1.165, 1.54) is 12.4 Å². The van der Waals surface area contributed by atoms with Gasteiger partial charge in [0.25, 0.3) is 0 Å². The molecule has 38 heavy (non-hydrogen) atoms. The summed E-state index contributed by atoms with van der Waals surface area (Å²) < 4.78 is 58.6. The number of alkyl halides is 4. The lowest BCUT2D eigenvalue weighted by Crippen LogP contribution is -2.67. The summed E-state index contributed by atoms with van der Waals surface area (Å²) in [5, 5.41) is 0.683. The van der Waals surface area contributed by atoms with E-state index in [-0.39, 0.29) is 35.8 Å². The van der Waals surface area contributed by atoms with Crippen LogP contribution < -0.4 is 15.8 Å². The van der Waals surface area contributed by atoms with Gasteiger partial charge in [-0.1, -0.05) is 29.3 Å². The predicted octanol–water partition coefficient (Wildman–Crippen LogP) is 4.36. The van der Waals surface area contributed by atoms with Crippen molar-refractivity contribution in [1.29, 1.82) is 0 Å². The molecule has 3 heterocycles. The van der Waals surface area contributed by atoms with Gasteiger partial charge in [0.2, 0.25) is 0 Å². The zero-order chi connectivity index (χ0) is 27.5. The first kappa shape index (κ1) is 25.5. The Morgan fingerprint density at radius 3 is 2.63 bits per heavy atom. The molecule has 0 radical (unpaired) electrons. The van der Waals surface area contributed by atoms with Gasteiger partial charge in [-0.2, -0.15) is 18.6 Å². The maximum absolute atomic E-state index is 18.2. The van der Waals surface area contributed by atoms with E-state index in [0.29, 0.717) is 21.8 Å². The third-order valence-corrected chi connectivity index (χ3v) is 6.82. The van der Waals surface area contributed by atoms with Gasteiger partial charge in [-0.25, -0.2) is 9.59 Å². The molecule has 5 rings (SSSR count). The second-order valence-electron chi connectivity index (χ2n) is 9.24. The number of halogens is 4. The van der Waals surface area contributed by atoms with E-state index < -0.39 is 28.7 Å². The third-order valence-electron chi connectivity index (χ3n) is 6.82. The summed E-state index contributed by atoms with van der Waals surface area (Å²) in [7, 11) is 1.64. The van der Waals surface area contributed by atoms with E-state index in [2.05, 4.69) is 15.2 Å². The van der Waals surface area contributed by atoms with E-state index in [4.69, 9.17) is 5.73 Å². The number of nitrogens with one attached hydrogen (secondary N) is 2. The molecule has 1 saturated heterocycles. The zero-order valence-corrected chi connectivity index (χ0v) is 20.5. The van der Waals surface area contributed by atoms with Crippen molar-refractivity contribution in [3.63, 3.8) is 0 Å². The Morgan fingerprint density at radius 2 is 1.92 bits per heavy atom. The third kappa shape index (κ3) is 3.61. The number of hydroxylamine groups is 2. The molecule has 2 atom stereocenters. The molecule has 13 heteroatoms. The van der Waals surface area contributed by atoms with Crippen molar-refractivity contribution in [2.45, 2.75) is 25.4 Å². The Bertz CT molecular complexity index is 1560. The lowest BCUT2D eigenvalue weighted by Gasteiger charge is -2.40. The van der Waals surface area contributed by atoms with Crippen molar-refractivity contribution in [2.24, 2.45) is 12.8 Å². The minimum absolute atomic E-state index is 0.0887. The van der Waals surface area contributed by atoms with Gasteiger partial charge in [-0.05, 0) is 37.2 Å². The minimum atomic E-state index is -5.48. The number of carbonyl (C=O) groups is 2. The summed E-state index contributed by atoms with van der Waals surface area (Å²) in [4.78, 5) is 32.8. The molecule has 1 aliphatic rings. The van der Waals surface area contributed by atoms with Crippen molar-refractivity contribution in [1.82, 2.24) is 24.6 Å². The molecule has 9 nitrogen and oxygen atoms in total. The number of aromatic amines is 1. The fourth-order valence-electron chi connectivity index (χ4n) is 5.12. The summed E-state index contributed by atoms with van der Waals surface area (Å²) in [6.07, 6.45) is -2.47. The average molecular weight is 534 g/mol. The summed E-state index contributed by atoms with van der Waals surface area (Å²) in [5.74, 6) is -5.91. The van der Waals surface area contributed by atoms with Gasteiger partial charge in [0, 0.05) is 30.6 Å². The van der Waals surface area contributed by atoms with Gasteiger partial charge in [0.05, 0.1) is 17.1 Å². The normalized spacial score (nSPS) is 21.9. The highest BCUT2D eigenvalue weighted by Gasteiger charge is 2.72. The largest absolute Gasteiger partial charge is 0.493 e. The molecule has 0 spiro atoms. The predicted molar refractivity (Wildman–Crippen MR) is 132 cm³/mol. The first-order chi connectivity index (χ1) is 17.9. The molecule has 2 aromatic carbocycles. The Morgan fingerprint density at radius 1 is 1.18 bits per heavy atom. The highest BCUT2D eigenvalue weighted by atomic mass is 19.4. The Balaban J connectivity index is 1.85. The lowest BCUT2D eigenvalue weighted by atomic mass is 10.0. The SMILES string of the molecule is Cc1ccc2c(C3(F)N(OC(=O)C(F)(F)F)C(=O)N[N+]3(CCCN)c3c[nH]c4ccccc34)cn(C)c2c1. The minimum Gasteiger partial charge on any atom is -0.356 e. The number of hydrogen-bond donors (Lipinski definition) is 3. The van der Waals surface area contributed by atoms with E-state index >= 15 is 4.39 Å². The molecule has 4 aromatic rings. The molecule has 0 bridgehead atoms. The molecule has 2 amide bonds. The quantitative estimate of drug-likeness (QED) is 0.195. The summed E-state index contributed by atoms with van der Waals surface area (Å²) in [6.45, 7) is 1.75. The zero-order valence-electron chi connectivity index (χ0n) is 20.5. The molecule has 4 N–H and O–H groups in total. The van der Waals surface area contributed by atoms with Crippen LogP contribution in [0.3, 0.4) is 0 Å². The molecule has 1 aliphatic heterocycles. The number of benzene rings is 2. The van der Waals surface area contributed by atoms with Crippen molar-refractivity contribution < 1.29 is 32.0 Å². The molecule has 2 aromatic heterocycles. The van der Waals surface area contributed by atoms with E-state index in [1.54, 1.807) is 54.1 Å². The van der Waals surface area contributed by atoms with Gasteiger partial charge in [-0.15, -0.1) is 8.98 Å². The van der Waals surface area contributed by atoms with Gasteiger partial charge in [0.15, 0.2) is 5.69 Å². The van der Waals surface area contributed by atoms with Crippen molar-refractivity contribution in [3.05, 3.63) is 66.0 Å². The van der Waals surface area contributed by atoms with E-state index in [0.717, 1.165) is 5.56 Å². The second kappa shape index (κ2) is 8.74. The van der Waals surface area contributed by atoms with Crippen LogP contribution in [0.25, 0.3) is 21.8 Å². The number of urea groups is 1. The Hall–Kier alpha value is -4.10. The lowest BCUT2D eigenvalue weighted by molar-refractivity contribution is -0.277. The summed E-state index contributed by atoms with van der Waals surface area (Å²) in [6, 6.07) is 10.6. The number of aromatic nitrogens is 2. The number of amides is 2. The van der Waals surface area contributed by atoms with Crippen molar-refractivity contribution in [3.8, 4) is 0 Å². The number of para-hydroxylation sites is 1. The van der Waals surface area contributed by atoms with Gasteiger partial charge in [0.1, 0.15) is 12.1 Å². The fraction of sp³-hybridized carbons (Fsp3) is 0.280. The number of nitrogens with two attached hydrogens (primary N) is 1. The maximum Gasteiger partial charge on any atom is 0.493 e. The van der Waals surface area contributed by atoms with Crippen LogP contribution in [-0.2, 0) is 22.6 Å². The Labute approximate surface area is 213 Å². The standard InChI is InChI=1S/C25H24F4N6O3/c1-15-8-9-16-18(14-33(2)20(16)12-15)25(29)34(38-22(36)24(26,27)28)23(37)32-35(25,11-5-10-30)21-13-31-19-7-4-3-6-17(19)21/h3-4,6-9,12-14,31H,5,10-11,30H2,1-2H3/p+1. The van der Waals surface area contributed by atoms with Crippen molar-refractivity contribution in [2.75, 3.05) is 13.1 Å². The van der Waals surface area contributed by atoms with Gasteiger partial charge < -0.3 is 20.1 Å². The van der Waals surface area contributed by atoms with Crippen LogP contribution in [0.1, 0.15) is 17.5 Å².